The van der Waals surface area contributed by atoms with Crippen LogP contribution in [0, 0.1) is 12.8 Å². The Bertz CT molecular complexity index is 1810. The minimum atomic E-state index is -0.307. The molecule has 45 heavy (non-hydrogen) atoms. The molecule has 2 fully saturated rings. The van der Waals surface area contributed by atoms with Crippen LogP contribution < -0.4 is 15.6 Å². The third kappa shape index (κ3) is 6.45. The number of likely N-dealkylation sites (N-methyl/N-ethyl adjacent to an activating group) is 1. The summed E-state index contributed by atoms with van der Waals surface area (Å²) in [4.78, 5) is 42.0. The van der Waals surface area contributed by atoms with E-state index in [-0.39, 0.29) is 28.9 Å². The molecule has 10 heteroatoms. The van der Waals surface area contributed by atoms with Gasteiger partial charge >= 0.3 is 0 Å². The maximum atomic E-state index is 14.2. The normalized spacial score (nSPS) is 19.2. The molecule has 0 bridgehead atoms. The molecule has 0 spiro atoms. The number of likely N-dealkylation sites (tertiary alicyclic amines) is 1. The minimum absolute atomic E-state index is 0.118. The number of ketones is 1. The van der Waals surface area contributed by atoms with Crippen molar-refractivity contribution in [1.29, 1.82) is 0 Å². The molecule has 1 N–H and O–H groups in total. The Kier molecular flexibility index (Phi) is 8.53. The van der Waals surface area contributed by atoms with Crippen LogP contribution in [0.3, 0.4) is 0 Å². The molecule has 1 aliphatic carbocycles. The van der Waals surface area contributed by atoms with E-state index in [0.717, 1.165) is 55.8 Å². The van der Waals surface area contributed by atoms with E-state index in [0.29, 0.717) is 49.6 Å². The van der Waals surface area contributed by atoms with E-state index in [1.807, 2.05) is 24.3 Å². The van der Waals surface area contributed by atoms with Crippen molar-refractivity contribution in [3.63, 3.8) is 0 Å². The van der Waals surface area contributed by atoms with Crippen molar-refractivity contribution in [3.8, 4) is 5.75 Å². The molecule has 0 amide bonds. The summed E-state index contributed by atoms with van der Waals surface area (Å²) >= 11 is 1.77. The molecular weight excluding hydrogens is 586 g/mol. The minimum Gasteiger partial charge on any atom is -0.489 e. The lowest BCUT2D eigenvalue weighted by Gasteiger charge is -2.21. The standard InChI is InChI=1S/C35H39N5O4S/c1-22-17-26(32(45-22)24-5-3-4-6-24)20-40-33-25(18-30(34(40)42)31(41)23-12-15-43-16-13-23)19-36-35(38-33)37-27-7-9-28(10-8-27)44-29-11-14-39(2)21-29/h5,7-10,17-19,23,29H,3-4,6,11-16,20-21H2,1-2H3,(H,36,37,38). The van der Waals surface area contributed by atoms with Gasteiger partial charge in [0.25, 0.3) is 5.56 Å². The summed E-state index contributed by atoms with van der Waals surface area (Å²) in [7, 11) is 2.11. The lowest BCUT2D eigenvalue weighted by Crippen LogP contribution is -2.32. The van der Waals surface area contributed by atoms with E-state index in [1.54, 1.807) is 28.2 Å². The van der Waals surface area contributed by atoms with Crippen LogP contribution in [0.5, 0.6) is 5.75 Å². The number of pyridine rings is 1. The second kappa shape index (κ2) is 12.9. The van der Waals surface area contributed by atoms with E-state index >= 15 is 0 Å². The van der Waals surface area contributed by atoms with Gasteiger partial charge in [-0.25, -0.2) is 4.98 Å². The number of aromatic nitrogens is 3. The number of allylic oxidation sites excluding steroid dienone is 2. The van der Waals surface area contributed by atoms with Crippen molar-refractivity contribution in [3.05, 3.63) is 79.9 Å². The number of fused-ring (bicyclic) bond motifs is 1. The zero-order chi connectivity index (χ0) is 30.9. The highest BCUT2D eigenvalue weighted by molar-refractivity contribution is 7.13. The SMILES string of the molecule is Cc1cc(Cn2c(=O)c(C(=O)C3CCOCC3)cc3cnc(Nc4ccc(OC5CCN(C)C5)cc4)nc32)c(C2=CCCC2)s1. The van der Waals surface area contributed by atoms with E-state index in [4.69, 9.17) is 14.5 Å². The molecule has 0 saturated carbocycles. The molecule has 1 aromatic carbocycles. The Morgan fingerprint density at radius 1 is 1.16 bits per heavy atom. The predicted molar refractivity (Wildman–Crippen MR) is 178 cm³/mol. The molecule has 0 radical (unpaired) electrons. The number of nitrogens with zero attached hydrogens (tertiary/aromatic N) is 4. The van der Waals surface area contributed by atoms with Crippen molar-refractivity contribution in [2.45, 2.75) is 58.1 Å². The molecule has 2 aliphatic heterocycles. The number of ether oxygens (including phenoxy) is 2. The maximum Gasteiger partial charge on any atom is 0.263 e. The second-order valence-corrected chi connectivity index (χ2v) is 13.7. The third-order valence-corrected chi connectivity index (χ3v) is 10.2. The van der Waals surface area contributed by atoms with E-state index in [1.165, 1.54) is 15.3 Å². The molecule has 9 nitrogen and oxygen atoms in total. The summed E-state index contributed by atoms with van der Waals surface area (Å²) < 4.78 is 13.3. The highest BCUT2D eigenvalue weighted by Gasteiger charge is 2.27. The van der Waals surface area contributed by atoms with Gasteiger partial charge < -0.3 is 19.7 Å². The first kappa shape index (κ1) is 29.8. The first-order chi connectivity index (χ1) is 21.9. The van der Waals surface area contributed by atoms with Gasteiger partial charge in [0, 0.05) is 59.2 Å². The maximum absolute atomic E-state index is 14.2. The molecule has 1 unspecified atom stereocenters. The molecule has 4 aromatic rings. The van der Waals surface area contributed by atoms with Gasteiger partial charge in [-0.2, -0.15) is 4.98 Å². The number of benzene rings is 1. The van der Waals surface area contributed by atoms with Crippen LogP contribution in [0.1, 0.15) is 64.2 Å². The zero-order valence-electron chi connectivity index (χ0n) is 25.9. The van der Waals surface area contributed by atoms with Gasteiger partial charge in [0.15, 0.2) is 5.78 Å². The summed E-state index contributed by atoms with van der Waals surface area (Å²) in [6, 6.07) is 11.6. The summed E-state index contributed by atoms with van der Waals surface area (Å²) in [5.74, 6) is 0.872. The number of carbonyl (C=O) groups is 1. The van der Waals surface area contributed by atoms with Gasteiger partial charge in [-0.3, -0.25) is 14.2 Å². The number of anilines is 2. The summed E-state index contributed by atoms with van der Waals surface area (Å²) in [5, 5.41) is 3.96. The zero-order valence-corrected chi connectivity index (χ0v) is 26.7. The molecule has 3 aromatic heterocycles. The lowest BCUT2D eigenvalue weighted by atomic mass is 9.91. The van der Waals surface area contributed by atoms with Crippen LogP contribution >= 0.6 is 11.3 Å². The van der Waals surface area contributed by atoms with Crippen LogP contribution in [0.15, 0.2) is 53.5 Å². The van der Waals surface area contributed by atoms with Crippen LogP contribution in [-0.2, 0) is 11.3 Å². The van der Waals surface area contributed by atoms with Crippen LogP contribution in [0.2, 0.25) is 0 Å². The average molecular weight is 626 g/mol. The van der Waals surface area contributed by atoms with Crippen LogP contribution in [0.25, 0.3) is 16.6 Å². The number of hydrogen-bond donors (Lipinski definition) is 1. The van der Waals surface area contributed by atoms with E-state index < -0.39 is 0 Å². The van der Waals surface area contributed by atoms with Gasteiger partial charge in [-0.05, 0) is 100 Å². The Hall–Kier alpha value is -3.86. The van der Waals surface area contributed by atoms with Crippen LogP contribution in [-0.4, -0.2) is 64.7 Å². The second-order valence-electron chi connectivity index (χ2n) is 12.4. The van der Waals surface area contributed by atoms with Gasteiger partial charge in [0.2, 0.25) is 5.95 Å². The highest BCUT2D eigenvalue weighted by atomic mass is 32.1. The Balaban J connectivity index is 1.23. The first-order valence-electron chi connectivity index (χ1n) is 15.9. The molecule has 3 aliphatic rings. The van der Waals surface area contributed by atoms with Gasteiger partial charge in [-0.15, -0.1) is 11.3 Å². The lowest BCUT2D eigenvalue weighted by molar-refractivity contribution is 0.0543. The predicted octanol–water partition coefficient (Wildman–Crippen LogP) is 6.21. The van der Waals surface area contributed by atoms with Gasteiger partial charge in [0.1, 0.15) is 17.5 Å². The van der Waals surface area contributed by atoms with Crippen molar-refractivity contribution < 1.29 is 14.3 Å². The topological polar surface area (TPSA) is 98.6 Å². The van der Waals surface area contributed by atoms with Crippen molar-refractivity contribution in [2.75, 3.05) is 38.7 Å². The number of Topliss-reactive ketones (excluding diaryl/α,β-unsaturated/α-hetero) is 1. The van der Waals surface area contributed by atoms with Gasteiger partial charge in [-0.1, -0.05) is 6.08 Å². The monoisotopic (exact) mass is 625 g/mol. The number of carbonyl (C=O) groups excluding carboxylic acids is 1. The fourth-order valence-corrected chi connectivity index (χ4v) is 7.75. The average Bonchev–Trinajstić information content (AvgIpc) is 3.81. The van der Waals surface area contributed by atoms with Crippen LogP contribution in [0.4, 0.5) is 11.6 Å². The highest BCUT2D eigenvalue weighted by Crippen LogP contribution is 2.36. The number of hydrogen-bond acceptors (Lipinski definition) is 9. The summed E-state index contributed by atoms with van der Waals surface area (Å²) in [6.45, 7) is 5.48. The largest absolute Gasteiger partial charge is 0.489 e. The fourth-order valence-electron chi connectivity index (χ4n) is 6.65. The Morgan fingerprint density at radius 3 is 2.71 bits per heavy atom. The van der Waals surface area contributed by atoms with Gasteiger partial charge in [0.05, 0.1) is 12.1 Å². The number of aryl methyl sites for hydroxylation is 1. The summed E-state index contributed by atoms with van der Waals surface area (Å²) in [6.07, 6.45) is 9.77. The number of thiophene rings is 1. The number of rotatable bonds is 9. The third-order valence-electron chi connectivity index (χ3n) is 9.04. The van der Waals surface area contributed by atoms with Crippen molar-refractivity contribution >= 4 is 45.4 Å². The smallest absolute Gasteiger partial charge is 0.263 e. The Labute approximate surface area is 266 Å². The molecule has 5 heterocycles. The molecule has 2 saturated heterocycles. The van der Waals surface area contributed by atoms with Crippen molar-refractivity contribution in [2.24, 2.45) is 5.92 Å². The number of nitrogens with one attached hydrogen (secondary N) is 1. The first-order valence-corrected chi connectivity index (χ1v) is 16.8. The molecular formula is C35H39N5O4S. The molecule has 7 rings (SSSR count). The van der Waals surface area contributed by atoms with Crippen molar-refractivity contribution in [1.82, 2.24) is 19.4 Å². The quantitative estimate of drug-likeness (QED) is 0.219. The van der Waals surface area contributed by atoms with E-state index in [2.05, 4.69) is 41.3 Å². The molecule has 234 valence electrons. The fraction of sp³-hybridized carbons (Fsp3) is 0.429. The molecule has 1 atom stereocenters. The van der Waals surface area contributed by atoms with E-state index in [9.17, 15) is 9.59 Å². The Morgan fingerprint density at radius 2 is 1.98 bits per heavy atom. The summed E-state index contributed by atoms with van der Waals surface area (Å²) in [5.41, 5.74) is 3.64.